The molecule has 19 heavy (non-hydrogen) atoms. The van der Waals surface area contributed by atoms with E-state index in [1.807, 2.05) is 13.8 Å². The minimum Gasteiger partial charge on any atom is -0.481 e. The van der Waals surface area contributed by atoms with Crippen molar-refractivity contribution in [2.75, 3.05) is 13.1 Å². The molecule has 1 saturated carbocycles. The van der Waals surface area contributed by atoms with Crippen LogP contribution in [0.5, 0.6) is 0 Å². The molecule has 0 radical (unpaired) electrons. The fourth-order valence-corrected chi connectivity index (χ4v) is 4.08. The maximum absolute atomic E-state index is 12.2. The van der Waals surface area contributed by atoms with Gasteiger partial charge < -0.3 is 5.11 Å². The number of rotatable bonds is 8. The highest BCUT2D eigenvalue weighted by atomic mass is 32.2. The van der Waals surface area contributed by atoms with Gasteiger partial charge in [0.2, 0.25) is 0 Å². The second-order valence-electron chi connectivity index (χ2n) is 5.07. The molecule has 2 N–H and O–H groups in total. The van der Waals surface area contributed by atoms with Crippen molar-refractivity contribution in [3.8, 4) is 0 Å². The Labute approximate surface area is 115 Å². The largest absolute Gasteiger partial charge is 0.481 e. The summed E-state index contributed by atoms with van der Waals surface area (Å²) in [5.41, 5.74) is 0. The van der Waals surface area contributed by atoms with E-state index in [-0.39, 0.29) is 6.04 Å². The summed E-state index contributed by atoms with van der Waals surface area (Å²) >= 11 is 0. The summed E-state index contributed by atoms with van der Waals surface area (Å²) in [6.45, 7) is 4.87. The first kappa shape index (κ1) is 16.4. The summed E-state index contributed by atoms with van der Waals surface area (Å²) in [4.78, 5) is 10.9. The van der Waals surface area contributed by atoms with E-state index in [0.717, 1.165) is 12.8 Å². The van der Waals surface area contributed by atoms with Crippen LogP contribution in [0.4, 0.5) is 0 Å². The van der Waals surface area contributed by atoms with Gasteiger partial charge in [-0.2, -0.15) is 17.4 Å². The van der Waals surface area contributed by atoms with Gasteiger partial charge in [0.1, 0.15) is 0 Å². The number of hydrogen-bond acceptors (Lipinski definition) is 3. The van der Waals surface area contributed by atoms with Crippen molar-refractivity contribution in [2.24, 2.45) is 5.92 Å². The summed E-state index contributed by atoms with van der Waals surface area (Å²) in [6, 6.07) is -0.248. The van der Waals surface area contributed by atoms with Crippen LogP contribution in [0, 0.1) is 5.92 Å². The highest BCUT2D eigenvalue weighted by molar-refractivity contribution is 7.87. The van der Waals surface area contributed by atoms with Crippen LogP contribution in [-0.4, -0.2) is 42.9 Å². The van der Waals surface area contributed by atoms with Crippen LogP contribution in [0.2, 0.25) is 0 Å². The molecule has 0 saturated heterocycles. The van der Waals surface area contributed by atoms with Crippen LogP contribution in [0.25, 0.3) is 0 Å². The number of aliphatic carboxylic acids is 1. The summed E-state index contributed by atoms with van der Waals surface area (Å²) in [5.74, 6) is -1.25. The van der Waals surface area contributed by atoms with Crippen LogP contribution in [0.3, 0.4) is 0 Å². The fraction of sp³-hybridized carbons (Fsp3) is 0.917. The molecule has 0 aromatic heterocycles. The van der Waals surface area contributed by atoms with Gasteiger partial charge in [-0.3, -0.25) is 4.79 Å². The molecular formula is C12H24N2O4S. The normalized spacial score (nSPS) is 23.9. The lowest BCUT2D eigenvalue weighted by Crippen LogP contribution is -2.45. The minimum absolute atomic E-state index is 0.248. The molecule has 0 amide bonds. The lowest BCUT2D eigenvalue weighted by atomic mass is 10.1. The van der Waals surface area contributed by atoms with Crippen LogP contribution < -0.4 is 4.72 Å². The van der Waals surface area contributed by atoms with Gasteiger partial charge in [0.25, 0.3) is 10.2 Å². The van der Waals surface area contributed by atoms with Gasteiger partial charge in [0, 0.05) is 19.1 Å². The average molecular weight is 292 g/mol. The summed E-state index contributed by atoms with van der Waals surface area (Å²) in [5, 5.41) is 8.92. The third-order valence-corrected chi connectivity index (χ3v) is 5.06. The molecule has 1 aliphatic carbocycles. The average Bonchev–Trinajstić information content (AvgIpc) is 2.76. The minimum atomic E-state index is -3.49. The Hall–Kier alpha value is -0.660. The molecule has 1 fully saturated rings. The fourth-order valence-electron chi connectivity index (χ4n) is 2.45. The van der Waals surface area contributed by atoms with Crippen molar-refractivity contribution in [2.45, 2.75) is 52.0 Å². The molecule has 0 unspecified atom stereocenters. The Balaban J connectivity index is 2.61. The Morgan fingerprint density at radius 1 is 1.26 bits per heavy atom. The Bertz CT molecular complexity index is 391. The van der Waals surface area contributed by atoms with E-state index < -0.39 is 22.1 Å². The maximum atomic E-state index is 12.2. The Morgan fingerprint density at radius 3 is 2.26 bits per heavy atom. The molecule has 0 spiro atoms. The van der Waals surface area contributed by atoms with Crippen molar-refractivity contribution in [1.82, 2.24) is 9.03 Å². The van der Waals surface area contributed by atoms with E-state index in [0.29, 0.717) is 32.4 Å². The zero-order chi connectivity index (χ0) is 14.5. The van der Waals surface area contributed by atoms with Gasteiger partial charge in [-0.25, -0.2) is 0 Å². The van der Waals surface area contributed by atoms with Gasteiger partial charge in [-0.05, 0) is 32.1 Å². The van der Waals surface area contributed by atoms with E-state index in [9.17, 15) is 13.2 Å². The molecule has 1 rings (SSSR count). The third kappa shape index (κ3) is 4.74. The summed E-state index contributed by atoms with van der Waals surface area (Å²) in [6.07, 6.45) is 3.07. The van der Waals surface area contributed by atoms with Crippen LogP contribution in [0.15, 0.2) is 0 Å². The van der Waals surface area contributed by atoms with Gasteiger partial charge >= 0.3 is 5.97 Å². The summed E-state index contributed by atoms with van der Waals surface area (Å²) < 4.78 is 28.5. The number of carbonyl (C=O) groups is 1. The molecule has 0 heterocycles. The van der Waals surface area contributed by atoms with E-state index >= 15 is 0 Å². The first-order valence-electron chi connectivity index (χ1n) is 6.90. The Morgan fingerprint density at radius 2 is 1.84 bits per heavy atom. The van der Waals surface area contributed by atoms with Crippen molar-refractivity contribution < 1.29 is 18.3 Å². The second kappa shape index (κ2) is 7.21. The molecular weight excluding hydrogens is 268 g/mol. The quantitative estimate of drug-likeness (QED) is 0.703. The first-order valence-corrected chi connectivity index (χ1v) is 8.34. The molecule has 0 bridgehead atoms. The lowest BCUT2D eigenvalue weighted by Gasteiger charge is -2.23. The third-order valence-electron chi connectivity index (χ3n) is 3.38. The van der Waals surface area contributed by atoms with Gasteiger partial charge in [0.05, 0.1) is 5.92 Å². The monoisotopic (exact) mass is 292 g/mol. The van der Waals surface area contributed by atoms with Crippen LogP contribution >= 0.6 is 0 Å². The van der Waals surface area contributed by atoms with Crippen LogP contribution in [0.1, 0.15) is 46.0 Å². The highest BCUT2D eigenvalue weighted by Crippen LogP contribution is 2.26. The van der Waals surface area contributed by atoms with E-state index in [2.05, 4.69) is 4.72 Å². The van der Waals surface area contributed by atoms with Crippen molar-refractivity contribution in [3.05, 3.63) is 0 Å². The smallest absolute Gasteiger partial charge is 0.306 e. The molecule has 0 aromatic rings. The highest BCUT2D eigenvalue weighted by Gasteiger charge is 2.33. The number of carboxylic acids is 1. The molecule has 1 aliphatic rings. The van der Waals surface area contributed by atoms with Crippen molar-refractivity contribution >= 4 is 16.2 Å². The predicted octanol–water partition coefficient (Wildman–Crippen LogP) is 1.20. The molecule has 112 valence electrons. The molecule has 6 nitrogen and oxygen atoms in total. The van der Waals surface area contributed by atoms with E-state index in [4.69, 9.17) is 5.11 Å². The van der Waals surface area contributed by atoms with Gasteiger partial charge in [-0.1, -0.05) is 13.8 Å². The number of nitrogens with zero attached hydrogens (tertiary/aromatic N) is 1. The number of hydrogen-bond donors (Lipinski definition) is 2. The van der Waals surface area contributed by atoms with E-state index in [1.54, 1.807) is 0 Å². The zero-order valence-electron chi connectivity index (χ0n) is 11.6. The first-order chi connectivity index (χ1) is 8.90. The standard InChI is InChI=1S/C12H24N2O4S/c1-3-7-14(8-4-2)19(17,18)13-11-6-5-10(9-11)12(15)16/h10-11,13H,3-9H2,1-2H3,(H,15,16)/t10-,11+/m1/s1. The molecule has 7 heteroatoms. The van der Waals surface area contributed by atoms with Gasteiger partial charge in [0.15, 0.2) is 0 Å². The molecule has 2 atom stereocenters. The number of carboxylic acid groups (broad SMARTS) is 1. The number of nitrogens with one attached hydrogen (secondary N) is 1. The lowest BCUT2D eigenvalue weighted by molar-refractivity contribution is -0.141. The summed E-state index contributed by atoms with van der Waals surface area (Å²) in [7, 11) is -3.49. The zero-order valence-corrected chi connectivity index (χ0v) is 12.4. The predicted molar refractivity (Wildman–Crippen MR) is 73.0 cm³/mol. The Kier molecular flexibility index (Phi) is 6.22. The SMILES string of the molecule is CCCN(CCC)S(=O)(=O)N[C@H]1CC[C@@H](C(=O)O)C1. The van der Waals surface area contributed by atoms with Crippen molar-refractivity contribution in [3.63, 3.8) is 0 Å². The van der Waals surface area contributed by atoms with Crippen molar-refractivity contribution in [1.29, 1.82) is 0 Å². The maximum Gasteiger partial charge on any atom is 0.306 e. The second-order valence-corrected chi connectivity index (χ2v) is 6.77. The molecule has 0 aliphatic heterocycles. The molecule has 0 aromatic carbocycles. The van der Waals surface area contributed by atoms with E-state index in [1.165, 1.54) is 4.31 Å². The van der Waals surface area contributed by atoms with Gasteiger partial charge in [-0.15, -0.1) is 0 Å². The van der Waals surface area contributed by atoms with Crippen LogP contribution in [-0.2, 0) is 15.0 Å². The topological polar surface area (TPSA) is 86.7 Å².